The predicted octanol–water partition coefficient (Wildman–Crippen LogP) is -6.03. The first-order valence-corrected chi connectivity index (χ1v) is 13.1. The summed E-state index contributed by atoms with van der Waals surface area (Å²) in [5.41, 5.74) is 5.54. The molecule has 3 aliphatic rings. The number of rotatable bonds is 11. The van der Waals surface area contributed by atoms with Crippen LogP contribution in [0.1, 0.15) is 20.3 Å². The molecule has 1 amide bonds. The lowest BCUT2D eigenvalue weighted by molar-refractivity contribution is -0.385. The minimum atomic E-state index is -1.75. The summed E-state index contributed by atoms with van der Waals surface area (Å²) < 4.78 is 34.5. The molecule has 0 radical (unpaired) electrons. The molecule has 0 saturated carbocycles. The molecular weight excluding hydrogens is 544 g/mol. The van der Waals surface area contributed by atoms with Gasteiger partial charge in [0.25, 0.3) is 0 Å². The summed E-state index contributed by atoms with van der Waals surface area (Å²) in [6.45, 7) is 1.45. The van der Waals surface area contributed by atoms with Gasteiger partial charge in [-0.05, 0) is 19.9 Å². The molecule has 3 rings (SSSR count). The van der Waals surface area contributed by atoms with Crippen molar-refractivity contribution in [3.05, 3.63) is 0 Å². The van der Waals surface area contributed by atoms with Gasteiger partial charge in [0.15, 0.2) is 18.9 Å². The number of aliphatic hydroxyl groups excluding tert-OH is 8. The van der Waals surface area contributed by atoms with Crippen molar-refractivity contribution < 1.29 is 74.1 Å². The molecule has 0 aromatic rings. The van der Waals surface area contributed by atoms with E-state index in [4.69, 9.17) is 34.2 Å². The monoisotopic (exact) mass is 586 g/mol. The molecule has 0 aromatic carbocycles. The van der Waals surface area contributed by atoms with Crippen molar-refractivity contribution in [1.82, 2.24) is 5.32 Å². The van der Waals surface area contributed by atoms with Crippen LogP contribution in [0.2, 0.25) is 0 Å². The van der Waals surface area contributed by atoms with E-state index in [-0.39, 0.29) is 13.2 Å². The molecule has 6 unspecified atom stereocenters. The predicted molar refractivity (Wildman–Crippen MR) is 129 cm³/mol. The maximum atomic E-state index is 11.9. The number of ether oxygens (including phenoxy) is 6. The number of amides is 1. The second kappa shape index (κ2) is 14.9. The maximum Gasteiger partial charge on any atom is 0.217 e. The van der Waals surface area contributed by atoms with E-state index in [2.05, 4.69) is 5.32 Å². The van der Waals surface area contributed by atoms with E-state index in [1.54, 1.807) is 0 Å². The first-order valence-electron chi connectivity index (χ1n) is 13.1. The van der Waals surface area contributed by atoms with Crippen LogP contribution >= 0.6 is 0 Å². The molecule has 11 N–H and O–H groups in total. The molecule has 40 heavy (non-hydrogen) atoms. The van der Waals surface area contributed by atoms with Crippen molar-refractivity contribution in [2.45, 2.75) is 112 Å². The third kappa shape index (κ3) is 7.44. The summed E-state index contributed by atoms with van der Waals surface area (Å²) in [6.07, 6.45) is -20.5. The smallest absolute Gasteiger partial charge is 0.217 e. The highest BCUT2D eigenvalue weighted by Gasteiger charge is 2.54. The minimum Gasteiger partial charge on any atom is -0.394 e. The molecule has 0 aromatic heterocycles. The fourth-order valence-corrected chi connectivity index (χ4v) is 4.78. The summed E-state index contributed by atoms with van der Waals surface area (Å²) >= 11 is 0. The van der Waals surface area contributed by atoms with Crippen LogP contribution in [0.3, 0.4) is 0 Å². The van der Waals surface area contributed by atoms with Gasteiger partial charge in [-0.3, -0.25) is 4.79 Å². The van der Waals surface area contributed by atoms with Crippen molar-refractivity contribution in [3.63, 3.8) is 0 Å². The van der Waals surface area contributed by atoms with Gasteiger partial charge >= 0.3 is 0 Å². The van der Waals surface area contributed by atoms with Gasteiger partial charge in [0.1, 0.15) is 67.1 Å². The Hall–Kier alpha value is -1.13. The zero-order valence-corrected chi connectivity index (χ0v) is 22.2. The van der Waals surface area contributed by atoms with Crippen LogP contribution in [0.25, 0.3) is 0 Å². The number of hydrogen-bond acceptors (Lipinski definition) is 16. The van der Waals surface area contributed by atoms with Crippen molar-refractivity contribution >= 4 is 5.91 Å². The highest BCUT2D eigenvalue weighted by molar-refractivity contribution is 5.73. The van der Waals surface area contributed by atoms with Gasteiger partial charge in [-0.1, -0.05) is 0 Å². The van der Waals surface area contributed by atoms with Crippen molar-refractivity contribution in [3.8, 4) is 0 Å². The molecule has 3 fully saturated rings. The first-order chi connectivity index (χ1) is 18.9. The summed E-state index contributed by atoms with van der Waals surface area (Å²) in [5.74, 6) is -0.618. The molecule has 0 aliphatic carbocycles. The number of nitrogens with two attached hydrogens (primary N) is 1. The quantitative estimate of drug-likeness (QED) is 0.101. The van der Waals surface area contributed by atoms with Gasteiger partial charge in [-0.25, -0.2) is 0 Å². The third-order valence-corrected chi connectivity index (χ3v) is 7.07. The second-order valence-electron chi connectivity index (χ2n) is 10.0. The molecule has 234 valence electrons. The van der Waals surface area contributed by atoms with E-state index in [0.717, 1.165) is 6.92 Å². The first kappa shape index (κ1) is 33.4. The Balaban J connectivity index is 1.95. The standard InChI is InChI=1S/C23H42N2O15/c1-8-13(29)17(33)18(34)22(36-8)40-20-19(15(31)11(7-27)38-23(20)35-5-3-4-24)39-21-12(25-9(2)28)16(32)14(30)10(6-26)37-21/h8,10-23,26-27,29-34H,3-7,24H2,1-2H3,(H,25,28)/t8?,10?,11?,12?,13-,14+,15+,16-,17+,18?,19+,20?,21-,22+,23-/m1/s1. The van der Waals surface area contributed by atoms with E-state index in [1.807, 2.05) is 0 Å². The topological polar surface area (TPSA) is 272 Å². The highest BCUT2D eigenvalue weighted by atomic mass is 16.8. The molecule has 17 nitrogen and oxygen atoms in total. The van der Waals surface area contributed by atoms with Crippen molar-refractivity contribution in [1.29, 1.82) is 0 Å². The summed E-state index contributed by atoms with van der Waals surface area (Å²) in [5, 5.41) is 84.9. The van der Waals surface area contributed by atoms with Crippen LogP contribution in [0.4, 0.5) is 0 Å². The average Bonchev–Trinajstić information content (AvgIpc) is 2.92. The van der Waals surface area contributed by atoms with Gasteiger partial charge in [-0.15, -0.1) is 0 Å². The maximum absolute atomic E-state index is 11.9. The molecule has 0 bridgehead atoms. The number of carbonyl (C=O) groups is 1. The van der Waals surface area contributed by atoms with Gasteiger partial charge in [0, 0.05) is 6.92 Å². The lowest BCUT2D eigenvalue weighted by Crippen LogP contribution is -2.68. The van der Waals surface area contributed by atoms with Crippen molar-refractivity contribution in [2.24, 2.45) is 5.73 Å². The van der Waals surface area contributed by atoms with Crippen LogP contribution in [0, 0.1) is 0 Å². The number of nitrogens with one attached hydrogen (secondary N) is 1. The Morgan fingerprint density at radius 2 is 1.38 bits per heavy atom. The average molecular weight is 587 g/mol. The zero-order valence-electron chi connectivity index (χ0n) is 22.2. The molecule has 17 heteroatoms. The number of aliphatic hydroxyl groups is 8. The highest BCUT2D eigenvalue weighted by Crippen LogP contribution is 2.33. The van der Waals surface area contributed by atoms with E-state index < -0.39 is 111 Å². The Labute approximate surface area is 230 Å². The summed E-state index contributed by atoms with van der Waals surface area (Å²) in [6, 6.07) is -1.39. The second-order valence-corrected chi connectivity index (χ2v) is 10.0. The van der Waals surface area contributed by atoms with Gasteiger partial charge < -0.3 is 80.3 Å². The van der Waals surface area contributed by atoms with Gasteiger partial charge in [0.05, 0.1) is 25.9 Å². The van der Waals surface area contributed by atoms with Crippen LogP contribution in [0.5, 0.6) is 0 Å². The molecule has 3 saturated heterocycles. The SMILES string of the molecule is CC(=O)NC1[C@@H](O[C@@H]2C(O[C@@H]3OC(C)[C@@H](O)[C@H](O)C3O)[C@H](OCCCN)OC(CO)[C@@H]2O)OC(CO)[C@H](O)[C@@H]1O. The molecule has 15 atom stereocenters. The van der Waals surface area contributed by atoms with E-state index >= 15 is 0 Å². The largest absolute Gasteiger partial charge is 0.394 e. The Bertz CT molecular complexity index is 797. The summed E-state index contributed by atoms with van der Waals surface area (Å²) in [4.78, 5) is 11.9. The number of carbonyl (C=O) groups excluding carboxylic acids is 1. The Morgan fingerprint density at radius 1 is 0.775 bits per heavy atom. The third-order valence-electron chi connectivity index (χ3n) is 7.07. The van der Waals surface area contributed by atoms with Crippen molar-refractivity contribution in [2.75, 3.05) is 26.4 Å². The zero-order chi connectivity index (χ0) is 29.7. The molecular formula is C23H42N2O15. The van der Waals surface area contributed by atoms with E-state index in [9.17, 15) is 45.6 Å². The van der Waals surface area contributed by atoms with E-state index in [0.29, 0.717) is 6.42 Å². The lowest BCUT2D eigenvalue weighted by atomic mass is 9.95. The fraction of sp³-hybridized carbons (Fsp3) is 0.957. The Morgan fingerprint density at radius 3 is 1.98 bits per heavy atom. The van der Waals surface area contributed by atoms with Gasteiger partial charge in [-0.2, -0.15) is 0 Å². The molecule has 3 heterocycles. The fourth-order valence-electron chi connectivity index (χ4n) is 4.78. The lowest BCUT2D eigenvalue weighted by Gasteiger charge is -2.49. The van der Waals surface area contributed by atoms with Crippen LogP contribution in [-0.2, 0) is 33.2 Å². The summed E-state index contributed by atoms with van der Waals surface area (Å²) in [7, 11) is 0. The normalized spacial score (nSPS) is 46.2. The van der Waals surface area contributed by atoms with Crippen LogP contribution in [0.15, 0.2) is 0 Å². The van der Waals surface area contributed by atoms with Crippen LogP contribution in [-0.4, -0.2) is 165 Å². The van der Waals surface area contributed by atoms with Crippen LogP contribution < -0.4 is 11.1 Å². The molecule has 0 spiro atoms. The van der Waals surface area contributed by atoms with E-state index in [1.165, 1.54) is 6.92 Å². The Kier molecular flexibility index (Phi) is 12.4. The van der Waals surface area contributed by atoms with Gasteiger partial charge in [0.2, 0.25) is 5.91 Å². The number of hydrogen-bond donors (Lipinski definition) is 10. The minimum absolute atomic E-state index is 0.0414. The molecule has 3 aliphatic heterocycles.